The van der Waals surface area contributed by atoms with Gasteiger partial charge in [0, 0.05) is 0 Å². The number of nitriles is 1. The second kappa shape index (κ2) is 7.59. The van der Waals surface area contributed by atoms with Gasteiger partial charge in [0.05, 0.1) is 24.8 Å². The summed E-state index contributed by atoms with van der Waals surface area (Å²) in [6, 6.07) is 22.5. The van der Waals surface area contributed by atoms with E-state index >= 15 is 0 Å². The molecule has 0 aliphatic heterocycles. The molecule has 0 bridgehead atoms. The van der Waals surface area contributed by atoms with Crippen molar-refractivity contribution in [2.45, 2.75) is 13.5 Å². The van der Waals surface area contributed by atoms with Gasteiger partial charge in [-0.1, -0.05) is 66.2 Å². The molecule has 0 heterocycles. The fourth-order valence-corrected chi connectivity index (χ4v) is 2.67. The fraction of sp³-hybridized carbons (Fsp3) is 0.136. The van der Waals surface area contributed by atoms with Crippen LogP contribution in [-0.4, -0.2) is 6.61 Å². The van der Waals surface area contributed by atoms with Gasteiger partial charge >= 0.3 is 0 Å². The Bertz CT molecular complexity index is 901. The topological polar surface area (TPSA) is 33.0 Å². The van der Waals surface area contributed by atoms with E-state index < -0.39 is 0 Å². The Balaban J connectivity index is 1.65. The van der Waals surface area contributed by atoms with Crippen LogP contribution in [0.4, 0.5) is 0 Å². The van der Waals surface area contributed by atoms with Crippen LogP contribution in [-0.2, 0) is 11.3 Å². The molecule has 0 fully saturated rings. The van der Waals surface area contributed by atoms with Crippen molar-refractivity contribution >= 4 is 16.8 Å². The number of benzene rings is 3. The number of hydrogen-bond donors (Lipinski definition) is 0. The molecular weight excluding hydrogens is 294 g/mol. The first-order chi connectivity index (χ1) is 11.8. The Labute approximate surface area is 142 Å². The Kier molecular flexibility index (Phi) is 5.05. The third-order valence-electron chi connectivity index (χ3n) is 3.94. The average molecular weight is 313 g/mol. The normalized spacial score (nSPS) is 11.0. The summed E-state index contributed by atoms with van der Waals surface area (Å²) in [7, 11) is 0. The van der Waals surface area contributed by atoms with Gasteiger partial charge in [-0.2, -0.15) is 5.26 Å². The highest BCUT2D eigenvalue weighted by Crippen LogP contribution is 2.21. The van der Waals surface area contributed by atoms with Crippen LogP contribution < -0.4 is 0 Å². The first kappa shape index (κ1) is 16.0. The highest BCUT2D eigenvalue weighted by atomic mass is 16.5. The van der Waals surface area contributed by atoms with E-state index in [1.54, 1.807) is 0 Å². The predicted octanol–water partition coefficient (Wildman–Crippen LogP) is 5.25. The van der Waals surface area contributed by atoms with E-state index in [1.165, 1.54) is 11.1 Å². The van der Waals surface area contributed by atoms with Crippen LogP contribution in [0, 0.1) is 18.3 Å². The molecule has 3 aromatic rings. The Morgan fingerprint density at radius 2 is 1.83 bits per heavy atom. The van der Waals surface area contributed by atoms with E-state index in [0.29, 0.717) is 18.8 Å². The van der Waals surface area contributed by atoms with Crippen molar-refractivity contribution in [3.05, 3.63) is 89.0 Å². The van der Waals surface area contributed by atoms with Gasteiger partial charge in [0.25, 0.3) is 0 Å². The molecular formula is C22H19NO. The summed E-state index contributed by atoms with van der Waals surface area (Å²) in [5.74, 6) is 0. The van der Waals surface area contributed by atoms with E-state index in [-0.39, 0.29) is 0 Å². The standard InChI is InChI=1S/C22H19NO/c1-17-8-10-18(11-9-17)5-4-12-24-16-21-14-19(15-23)13-20-6-2-3-7-22(20)21/h2-11,13-14H,12,16H2,1H3/b5-4+. The molecule has 0 atom stereocenters. The molecule has 0 aromatic heterocycles. The average Bonchev–Trinajstić information content (AvgIpc) is 2.62. The van der Waals surface area contributed by atoms with Gasteiger partial charge in [0.1, 0.15) is 0 Å². The number of rotatable bonds is 5. The smallest absolute Gasteiger partial charge is 0.0991 e. The third-order valence-corrected chi connectivity index (χ3v) is 3.94. The molecule has 118 valence electrons. The largest absolute Gasteiger partial charge is 0.373 e. The lowest BCUT2D eigenvalue weighted by molar-refractivity contribution is 0.150. The lowest BCUT2D eigenvalue weighted by Gasteiger charge is -2.07. The summed E-state index contributed by atoms with van der Waals surface area (Å²) in [4.78, 5) is 0. The number of fused-ring (bicyclic) bond motifs is 1. The summed E-state index contributed by atoms with van der Waals surface area (Å²) in [5.41, 5.74) is 4.14. The maximum Gasteiger partial charge on any atom is 0.0991 e. The fourth-order valence-electron chi connectivity index (χ4n) is 2.67. The summed E-state index contributed by atoms with van der Waals surface area (Å²) in [5, 5.41) is 11.4. The zero-order valence-corrected chi connectivity index (χ0v) is 13.7. The second-order valence-electron chi connectivity index (χ2n) is 5.80. The first-order valence-corrected chi connectivity index (χ1v) is 7.99. The number of nitrogens with zero attached hydrogens (tertiary/aromatic N) is 1. The zero-order chi connectivity index (χ0) is 16.8. The lowest BCUT2D eigenvalue weighted by atomic mass is 10.0. The molecule has 24 heavy (non-hydrogen) atoms. The highest BCUT2D eigenvalue weighted by molar-refractivity contribution is 5.87. The quantitative estimate of drug-likeness (QED) is 0.603. The maximum absolute atomic E-state index is 9.17. The molecule has 0 unspecified atom stereocenters. The predicted molar refractivity (Wildman–Crippen MR) is 98.5 cm³/mol. The molecule has 0 amide bonds. The van der Waals surface area contributed by atoms with Crippen molar-refractivity contribution in [2.24, 2.45) is 0 Å². The van der Waals surface area contributed by atoms with Crippen molar-refractivity contribution in [3.63, 3.8) is 0 Å². The molecule has 3 rings (SSSR count). The van der Waals surface area contributed by atoms with Crippen LogP contribution in [0.1, 0.15) is 22.3 Å². The number of hydrogen-bond acceptors (Lipinski definition) is 2. The van der Waals surface area contributed by atoms with Crippen molar-refractivity contribution in [1.29, 1.82) is 5.26 Å². The molecule has 2 nitrogen and oxygen atoms in total. The highest BCUT2D eigenvalue weighted by Gasteiger charge is 2.03. The van der Waals surface area contributed by atoms with E-state index in [1.807, 2.05) is 36.4 Å². The molecule has 0 radical (unpaired) electrons. The summed E-state index contributed by atoms with van der Waals surface area (Å²) in [6.45, 7) is 3.11. The van der Waals surface area contributed by atoms with Gasteiger partial charge in [-0.3, -0.25) is 0 Å². The van der Waals surface area contributed by atoms with Crippen LogP contribution in [0.5, 0.6) is 0 Å². The molecule has 3 aromatic carbocycles. The van der Waals surface area contributed by atoms with Gasteiger partial charge in [-0.05, 0) is 41.0 Å². The van der Waals surface area contributed by atoms with Gasteiger partial charge < -0.3 is 4.74 Å². The van der Waals surface area contributed by atoms with E-state index in [9.17, 15) is 5.26 Å². The summed E-state index contributed by atoms with van der Waals surface area (Å²) >= 11 is 0. The minimum Gasteiger partial charge on any atom is -0.373 e. The van der Waals surface area contributed by atoms with Crippen molar-refractivity contribution in [1.82, 2.24) is 0 Å². The molecule has 2 heteroatoms. The Morgan fingerprint density at radius 1 is 1.04 bits per heavy atom. The number of ether oxygens (including phenoxy) is 1. The Hall–Kier alpha value is -2.89. The number of aryl methyl sites for hydroxylation is 1. The summed E-state index contributed by atoms with van der Waals surface area (Å²) < 4.78 is 5.78. The SMILES string of the molecule is Cc1ccc(/C=C/COCc2cc(C#N)cc3ccccc23)cc1. The van der Waals surface area contributed by atoms with Crippen LogP contribution >= 0.6 is 0 Å². The molecule has 0 aliphatic carbocycles. The molecule has 0 spiro atoms. The minimum absolute atomic E-state index is 0.494. The monoisotopic (exact) mass is 313 g/mol. The minimum atomic E-state index is 0.494. The van der Waals surface area contributed by atoms with Crippen LogP contribution in [0.25, 0.3) is 16.8 Å². The lowest BCUT2D eigenvalue weighted by Crippen LogP contribution is -1.95. The first-order valence-electron chi connectivity index (χ1n) is 7.99. The van der Waals surface area contributed by atoms with Crippen molar-refractivity contribution in [2.75, 3.05) is 6.61 Å². The summed E-state index contributed by atoms with van der Waals surface area (Å²) in [6.07, 6.45) is 4.07. The van der Waals surface area contributed by atoms with E-state index in [2.05, 4.69) is 49.4 Å². The second-order valence-corrected chi connectivity index (χ2v) is 5.80. The van der Waals surface area contributed by atoms with Gasteiger partial charge in [-0.15, -0.1) is 0 Å². The molecule has 0 aliphatic rings. The third kappa shape index (κ3) is 3.90. The van der Waals surface area contributed by atoms with Gasteiger partial charge in [0.15, 0.2) is 0 Å². The van der Waals surface area contributed by atoms with E-state index in [0.717, 1.165) is 16.3 Å². The molecule has 0 saturated carbocycles. The van der Waals surface area contributed by atoms with Crippen LogP contribution in [0.3, 0.4) is 0 Å². The van der Waals surface area contributed by atoms with Crippen LogP contribution in [0.2, 0.25) is 0 Å². The van der Waals surface area contributed by atoms with Crippen molar-refractivity contribution in [3.8, 4) is 6.07 Å². The van der Waals surface area contributed by atoms with Gasteiger partial charge in [0.2, 0.25) is 0 Å². The molecule has 0 saturated heterocycles. The van der Waals surface area contributed by atoms with Crippen LogP contribution in [0.15, 0.2) is 66.7 Å². The van der Waals surface area contributed by atoms with Crippen molar-refractivity contribution < 1.29 is 4.74 Å². The maximum atomic E-state index is 9.17. The van der Waals surface area contributed by atoms with E-state index in [4.69, 9.17) is 4.74 Å². The van der Waals surface area contributed by atoms with Gasteiger partial charge in [-0.25, -0.2) is 0 Å². The molecule has 0 N–H and O–H groups in total. The Morgan fingerprint density at radius 3 is 2.62 bits per heavy atom. The zero-order valence-electron chi connectivity index (χ0n) is 13.7.